The summed E-state index contributed by atoms with van der Waals surface area (Å²) < 4.78 is 17.7. The van der Waals surface area contributed by atoms with Gasteiger partial charge in [0.15, 0.2) is 11.5 Å². The number of hydrogen-bond acceptors (Lipinski definition) is 6. The molecule has 0 unspecified atom stereocenters. The monoisotopic (exact) mass is 509 g/mol. The molecule has 188 valence electrons. The van der Waals surface area contributed by atoms with Crippen molar-refractivity contribution in [2.75, 3.05) is 25.6 Å². The number of rotatable bonds is 11. The van der Waals surface area contributed by atoms with Crippen LogP contribution < -0.4 is 24.8 Å². The Kier molecular flexibility index (Phi) is 8.46. The molecule has 0 saturated carbocycles. The maximum absolute atomic E-state index is 11.9. The average Bonchev–Trinajstić information content (AvgIpc) is 3.40. The van der Waals surface area contributed by atoms with E-state index in [-0.39, 0.29) is 6.03 Å². The van der Waals surface area contributed by atoms with Gasteiger partial charge in [-0.05, 0) is 37.1 Å². The number of anilines is 1. The zero-order chi connectivity index (χ0) is 25.3. The Bertz CT molecular complexity index is 1310. The van der Waals surface area contributed by atoms with Crippen LogP contribution in [0.4, 0.5) is 10.5 Å². The molecule has 9 nitrogen and oxygen atoms in total. The summed E-state index contributed by atoms with van der Waals surface area (Å²) in [6, 6.07) is 10.2. The number of imidazole rings is 1. The van der Waals surface area contributed by atoms with Crippen LogP contribution >= 0.6 is 11.6 Å². The van der Waals surface area contributed by atoms with Crippen molar-refractivity contribution in [1.29, 1.82) is 0 Å². The first-order valence-electron chi connectivity index (χ1n) is 11.7. The lowest BCUT2D eigenvalue weighted by Crippen LogP contribution is -2.29. The number of aromatic nitrogens is 3. The molecule has 2 aromatic heterocycles. The van der Waals surface area contributed by atoms with Crippen molar-refractivity contribution in [1.82, 2.24) is 20.3 Å². The van der Waals surface area contributed by atoms with E-state index in [9.17, 15) is 4.79 Å². The van der Waals surface area contributed by atoms with Crippen molar-refractivity contribution in [3.63, 3.8) is 0 Å². The standard InChI is InChI=1S/C26H28ClN5O4/c1-3-9-31-26(33)32-20-7-6-17(14-19(20)27)36-22-8-10-28-21-16-24(23(34-2)15-18(21)22)35-13-4-5-25-29-11-12-30-25/h6-8,10-12,14-16H,3-5,9,13H2,1-2H3,(H,29,30)(H2,31,32,33). The molecule has 0 aliphatic carbocycles. The van der Waals surface area contributed by atoms with Crippen LogP contribution in [0.3, 0.4) is 0 Å². The van der Waals surface area contributed by atoms with E-state index in [0.717, 1.165) is 30.5 Å². The minimum atomic E-state index is -0.307. The Labute approximate surface area is 214 Å². The van der Waals surface area contributed by atoms with Gasteiger partial charge >= 0.3 is 6.03 Å². The van der Waals surface area contributed by atoms with Crippen LogP contribution in [0.25, 0.3) is 10.9 Å². The number of aromatic amines is 1. The molecule has 2 aromatic carbocycles. The molecule has 10 heteroatoms. The number of urea groups is 1. The summed E-state index contributed by atoms with van der Waals surface area (Å²) >= 11 is 6.38. The summed E-state index contributed by atoms with van der Waals surface area (Å²) in [6.07, 6.45) is 7.65. The van der Waals surface area contributed by atoms with Gasteiger partial charge in [-0.15, -0.1) is 0 Å². The van der Waals surface area contributed by atoms with Gasteiger partial charge in [-0.2, -0.15) is 0 Å². The Balaban J connectivity index is 1.47. The van der Waals surface area contributed by atoms with Gasteiger partial charge in [-0.25, -0.2) is 9.78 Å². The molecule has 0 radical (unpaired) electrons. The number of carbonyl (C=O) groups is 1. The lowest BCUT2D eigenvalue weighted by atomic mass is 10.1. The third kappa shape index (κ3) is 6.37. The molecule has 0 spiro atoms. The van der Waals surface area contributed by atoms with Gasteiger partial charge in [0.2, 0.25) is 0 Å². The topological polar surface area (TPSA) is 110 Å². The van der Waals surface area contributed by atoms with E-state index in [4.69, 9.17) is 25.8 Å². The van der Waals surface area contributed by atoms with Crippen LogP contribution in [0.15, 0.2) is 55.0 Å². The Morgan fingerprint density at radius 1 is 1.08 bits per heavy atom. The fraction of sp³-hybridized carbons (Fsp3) is 0.269. The second-order valence-corrected chi connectivity index (χ2v) is 8.35. The Morgan fingerprint density at radius 2 is 1.97 bits per heavy atom. The van der Waals surface area contributed by atoms with Crippen LogP contribution in [0.2, 0.25) is 5.02 Å². The molecule has 36 heavy (non-hydrogen) atoms. The summed E-state index contributed by atoms with van der Waals surface area (Å²) in [6.45, 7) is 3.07. The molecule has 4 rings (SSSR count). The van der Waals surface area contributed by atoms with Gasteiger partial charge in [0.1, 0.15) is 17.3 Å². The van der Waals surface area contributed by atoms with Crippen LogP contribution in [0.5, 0.6) is 23.0 Å². The van der Waals surface area contributed by atoms with Crippen molar-refractivity contribution >= 4 is 34.2 Å². The molecular formula is C26H28ClN5O4. The van der Waals surface area contributed by atoms with Crippen LogP contribution in [-0.2, 0) is 6.42 Å². The Morgan fingerprint density at radius 3 is 2.72 bits per heavy atom. The highest BCUT2D eigenvalue weighted by Crippen LogP contribution is 2.38. The zero-order valence-corrected chi connectivity index (χ0v) is 20.9. The number of aryl methyl sites for hydroxylation is 1. The summed E-state index contributed by atoms with van der Waals surface area (Å²) in [4.78, 5) is 23.7. The molecule has 0 aliphatic rings. The molecule has 0 aliphatic heterocycles. The normalized spacial score (nSPS) is 10.8. The number of amides is 2. The van der Waals surface area contributed by atoms with E-state index in [2.05, 4.69) is 25.6 Å². The molecule has 2 heterocycles. The first-order valence-corrected chi connectivity index (χ1v) is 12.0. The summed E-state index contributed by atoms with van der Waals surface area (Å²) in [5, 5.41) is 6.60. The van der Waals surface area contributed by atoms with E-state index in [0.29, 0.717) is 52.4 Å². The molecule has 0 bridgehead atoms. The van der Waals surface area contributed by atoms with Gasteiger partial charge < -0.3 is 29.8 Å². The third-order valence-corrected chi connectivity index (χ3v) is 5.62. The van der Waals surface area contributed by atoms with Gasteiger partial charge in [0.05, 0.1) is 29.9 Å². The number of halogens is 1. The second-order valence-electron chi connectivity index (χ2n) is 7.94. The molecule has 2 amide bonds. The van der Waals surface area contributed by atoms with Crippen molar-refractivity contribution in [2.24, 2.45) is 0 Å². The van der Waals surface area contributed by atoms with Crippen molar-refractivity contribution < 1.29 is 19.0 Å². The van der Waals surface area contributed by atoms with Gasteiger partial charge in [0, 0.05) is 49.1 Å². The number of benzene rings is 2. The number of H-pyrrole nitrogens is 1. The van der Waals surface area contributed by atoms with Crippen LogP contribution in [0.1, 0.15) is 25.6 Å². The minimum absolute atomic E-state index is 0.307. The van der Waals surface area contributed by atoms with E-state index >= 15 is 0 Å². The molecule has 4 aromatic rings. The fourth-order valence-electron chi connectivity index (χ4n) is 3.54. The minimum Gasteiger partial charge on any atom is -0.493 e. The third-order valence-electron chi connectivity index (χ3n) is 5.31. The highest BCUT2D eigenvalue weighted by Gasteiger charge is 2.13. The van der Waals surface area contributed by atoms with Crippen molar-refractivity contribution in [3.05, 3.63) is 65.8 Å². The number of hydrogen-bond donors (Lipinski definition) is 3. The number of carbonyl (C=O) groups excluding carboxylic acids is 1. The van der Waals surface area contributed by atoms with E-state index in [1.54, 1.807) is 50.0 Å². The number of pyridine rings is 1. The first kappa shape index (κ1) is 25.1. The SMILES string of the molecule is CCCNC(=O)Nc1ccc(Oc2ccnc3cc(OCCCc4ncc[nH]4)c(OC)cc23)cc1Cl. The summed E-state index contributed by atoms with van der Waals surface area (Å²) in [7, 11) is 1.59. The second kappa shape index (κ2) is 12.1. The quantitative estimate of drug-likeness (QED) is 0.215. The van der Waals surface area contributed by atoms with E-state index < -0.39 is 0 Å². The number of ether oxygens (including phenoxy) is 3. The number of fused-ring (bicyclic) bond motifs is 1. The number of nitrogens with zero attached hydrogens (tertiary/aromatic N) is 2. The lowest BCUT2D eigenvalue weighted by Gasteiger charge is -2.14. The van der Waals surface area contributed by atoms with Gasteiger partial charge in [-0.3, -0.25) is 4.98 Å². The first-order chi connectivity index (χ1) is 17.6. The van der Waals surface area contributed by atoms with Crippen LogP contribution in [0, 0.1) is 0 Å². The van der Waals surface area contributed by atoms with E-state index in [1.807, 2.05) is 19.1 Å². The maximum Gasteiger partial charge on any atom is 0.319 e. The summed E-state index contributed by atoms with van der Waals surface area (Å²) in [5.41, 5.74) is 1.19. The van der Waals surface area contributed by atoms with Gasteiger partial charge in [-0.1, -0.05) is 18.5 Å². The van der Waals surface area contributed by atoms with Gasteiger partial charge in [0.25, 0.3) is 0 Å². The average molecular weight is 510 g/mol. The Hall–Kier alpha value is -3.98. The molecule has 0 atom stereocenters. The van der Waals surface area contributed by atoms with Crippen molar-refractivity contribution in [2.45, 2.75) is 26.2 Å². The van der Waals surface area contributed by atoms with E-state index in [1.165, 1.54) is 0 Å². The smallest absolute Gasteiger partial charge is 0.319 e. The highest BCUT2D eigenvalue weighted by molar-refractivity contribution is 6.33. The number of methoxy groups -OCH3 is 1. The number of nitrogens with one attached hydrogen (secondary N) is 3. The fourth-order valence-corrected chi connectivity index (χ4v) is 3.76. The molecular weight excluding hydrogens is 482 g/mol. The molecule has 0 saturated heterocycles. The zero-order valence-electron chi connectivity index (χ0n) is 20.1. The molecule has 3 N–H and O–H groups in total. The highest BCUT2D eigenvalue weighted by atomic mass is 35.5. The van der Waals surface area contributed by atoms with Crippen LogP contribution in [-0.4, -0.2) is 41.2 Å². The predicted molar refractivity (Wildman–Crippen MR) is 140 cm³/mol. The maximum atomic E-state index is 11.9. The lowest BCUT2D eigenvalue weighted by molar-refractivity contribution is 0.252. The van der Waals surface area contributed by atoms with Crippen molar-refractivity contribution in [3.8, 4) is 23.0 Å². The largest absolute Gasteiger partial charge is 0.493 e. The molecule has 0 fully saturated rings. The summed E-state index contributed by atoms with van der Waals surface area (Å²) in [5.74, 6) is 3.21. The predicted octanol–water partition coefficient (Wildman–Crippen LogP) is 5.96.